The maximum absolute atomic E-state index is 12.9. The molecule has 2 aromatic carbocycles. The molecule has 1 fully saturated rings. The molecular formula is C20H23ClN4O4S. The fourth-order valence-corrected chi connectivity index (χ4v) is 5.24. The largest absolute Gasteiger partial charge is 0.351 e. The van der Waals surface area contributed by atoms with Crippen molar-refractivity contribution in [2.75, 3.05) is 18.4 Å². The summed E-state index contributed by atoms with van der Waals surface area (Å²) in [5.74, 6) is -0.416. The van der Waals surface area contributed by atoms with Crippen molar-refractivity contribution in [3.8, 4) is 0 Å². The first-order valence-electron chi connectivity index (χ1n) is 9.50. The van der Waals surface area contributed by atoms with Crippen molar-refractivity contribution < 1.29 is 18.0 Å². The highest BCUT2D eigenvalue weighted by Gasteiger charge is 2.28. The minimum atomic E-state index is -3.75. The molecule has 0 radical (unpaired) electrons. The Kier molecular flexibility index (Phi) is 6.96. The minimum Gasteiger partial charge on any atom is -0.351 e. The van der Waals surface area contributed by atoms with E-state index in [4.69, 9.17) is 17.3 Å². The second-order valence-corrected chi connectivity index (χ2v) is 9.29. The molecule has 160 valence electrons. The topological polar surface area (TPSA) is 122 Å². The van der Waals surface area contributed by atoms with Crippen molar-refractivity contribution in [1.29, 1.82) is 0 Å². The molecule has 4 N–H and O–H groups in total. The predicted molar refractivity (Wildman–Crippen MR) is 115 cm³/mol. The highest BCUT2D eigenvalue weighted by Crippen LogP contribution is 2.28. The Morgan fingerprint density at radius 2 is 1.70 bits per heavy atom. The van der Waals surface area contributed by atoms with E-state index in [1.165, 1.54) is 22.5 Å². The number of benzene rings is 2. The normalized spacial score (nSPS) is 14.8. The Hall–Kier alpha value is -2.62. The second kappa shape index (κ2) is 9.46. The monoisotopic (exact) mass is 450 g/mol. The van der Waals surface area contributed by atoms with Gasteiger partial charge < -0.3 is 16.4 Å². The van der Waals surface area contributed by atoms with Crippen molar-refractivity contribution in [3.63, 3.8) is 0 Å². The molecule has 1 heterocycles. The summed E-state index contributed by atoms with van der Waals surface area (Å²) in [6.45, 7) is 1.14. The van der Waals surface area contributed by atoms with E-state index >= 15 is 0 Å². The zero-order chi connectivity index (χ0) is 21.7. The fourth-order valence-electron chi connectivity index (χ4n) is 3.22. The molecule has 1 aliphatic heterocycles. The molecule has 10 heteroatoms. The Balaban J connectivity index is 1.70. The van der Waals surface area contributed by atoms with Crippen molar-refractivity contribution in [2.24, 2.45) is 5.73 Å². The molecule has 8 nitrogen and oxygen atoms in total. The smallest absolute Gasteiger partial charge is 0.316 e. The average Bonchev–Trinajstić information content (AvgIpc) is 2.73. The van der Waals surface area contributed by atoms with Crippen LogP contribution in [0.3, 0.4) is 0 Å². The number of nitrogens with one attached hydrogen (secondary N) is 2. The van der Waals surface area contributed by atoms with E-state index in [9.17, 15) is 18.0 Å². The van der Waals surface area contributed by atoms with Crippen LogP contribution in [0, 0.1) is 0 Å². The average molecular weight is 451 g/mol. The number of sulfonamides is 1. The van der Waals surface area contributed by atoms with Crippen molar-refractivity contribution in [1.82, 2.24) is 9.62 Å². The van der Waals surface area contributed by atoms with Crippen molar-refractivity contribution >= 4 is 39.2 Å². The lowest BCUT2D eigenvalue weighted by Gasteiger charge is -2.26. The van der Waals surface area contributed by atoms with Gasteiger partial charge in [0.05, 0.1) is 5.02 Å². The Bertz CT molecular complexity index is 1040. The lowest BCUT2D eigenvalue weighted by Crippen LogP contribution is -2.36. The van der Waals surface area contributed by atoms with Gasteiger partial charge in [0.25, 0.3) is 5.91 Å². The van der Waals surface area contributed by atoms with Gasteiger partial charge >= 0.3 is 6.03 Å². The van der Waals surface area contributed by atoms with Gasteiger partial charge in [-0.2, -0.15) is 4.31 Å². The van der Waals surface area contributed by atoms with E-state index in [1.54, 1.807) is 24.3 Å². The third kappa shape index (κ3) is 5.29. The zero-order valence-electron chi connectivity index (χ0n) is 16.2. The van der Waals surface area contributed by atoms with Crippen LogP contribution < -0.4 is 16.4 Å². The molecule has 1 aliphatic rings. The maximum Gasteiger partial charge on any atom is 0.316 e. The Morgan fingerprint density at radius 3 is 2.33 bits per heavy atom. The number of nitrogens with zero attached hydrogens (tertiary/aromatic N) is 1. The molecule has 0 aliphatic carbocycles. The van der Waals surface area contributed by atoms with E-state index < -0.39 is 22.0 Å². The van der Waals surface area contributed by atoms with Crippen LogP contribution in [0.1, 0.15) is 35.2 Å². The minimum absolute atomic E-state index is 0.0550. The van der Waals surface area contributed by atoms with Gasteiger partial charge in [0.15, 0.2) is 0 Å². The van der Waals surface area contributed by atoms with Crippen LogP contribution >= 0.6 is 11.6 Å². The number of carbonyl (C=O) groups is 2. The molecule has 0 aromatic heterocycles. The van der Waals surface area contributed by atoms with Gasteiger partial charge in [-0.1, -0.05) is 30.2 Å². The number of halogens is 1. The number of amides is 3. The molecule has 30 heavy (non-hydrogen) atoms. The number of piperidine rings is 1. The Morgan fingerprint density at radius 1 is 1.03 bits per heavy atom. The summed E-state index contributed by atoms with van der Waals surface area (Å²) in [5, 5.41) is 5.30. The number of rotatable bonds is 6. The zero-order valence-corrected chi connectivity index (χ0v) is 17.8. The number of hydrogen-bond donors (Lipinski definition) is 3. The van der Waals surface area contributed by atoms with Gasteiger partial charge in [0.2, 0.25) is 10.0 Å². The van der Waals surface area contributed by atoms with E-state index in [1.807, 2.05) is 0 Å². The van der Waals surface area contributed by atoms with Crippen LogP contribution in [0.15, 0.2) is 47.4 Å². The molecular weight excluding hydrogens is 428 g/mol. The highest BCUT2D eigenvalue weighted by atomic mass is 35.5. The summed E-state index contributed by atoms with van der Waals surface area (Å²) >= 11 is 6.15. The predicted octanol–water partition coefficient (Wildman–Crippen LogP) is 2.94. The number of urea groups is 1. The first-order valence-corrected chi connectivity index (χ1v) is 11.3. The molecule has 2 aromatic rings. The van der Waals surface area contributed by atoms with Crippen LogP contribution in [0.4, 0.5) is 10.5 Å². The quantitative estimate of drug-likeness (QED) is 0.626. The van der Waals surface area contributed by atoms with Crippen LogP contribution in [-0.2, 0) is 16.6 Å². The van der Waals surface area contributed by atoms with E-state index in [2.05, 4.69) is 10.6 Å². The van der Waals surface area contributed by atoms with Gasteiger partial charge in [-0.25, -0.2) is 13.2 Å². The number of primary amides is 1. The highest BCUT2D eigenvalue weighted by molar-refractivity contribution is 7.89. The molecule has 0 saturated carbocycles. The molecule has 3 rings (SSSR count). The van der Waals surface area contributed by atoms with Gasteiger partial charge in [-0.15, -0.1) is 0 Å². The third-order valence-corrected chi connectivity index (χ3v) is 7.18. The molecule has 0 atom stereocenters. The number of nitrogens with two attached hydrogens (primary N) is 1. The molecule has 0 spiro atoms. The number of hydrogen-bond acceptors (Lipinski definition) is 4. The summed E-state index contributed by atoms with van der Waals surface area (Å²) in [5.41, 5.74) is 6.62. The number of anilines is 1. The summed E-state index contributed by atoms with van der Waals surface area (Å²) in [7, 11) is -3.75. The van der Waals surface area contributed by atoms with E-state index in [0.717, 1.165) is 24.8 Å². The van der Waals surface area contributed by atoms with Crippen LogP contribution in [-0.4, -0.2) is 37.8 Å². The summed E-state index contributed by atoms with van der Waals surface area (Å²) in [4.78, 5) is 23.4. The fraction of sp³-hybridized carbons (Fsp3) is 0.300. The molecule has 0 bridgehead atoms. The van der Waals surface area contributed by atoms with Gasteiger partial charge in [-0.3, -0.25) is 4.79 Å². The van der Waals surface area contributed by atoms with Gasteiger partial charge in [0.1, 0.15) is 4.90 Å². The molecule has 1 saturated heterocycles. The van der Waals surface area contributed by atoms with E-state index in [0.29, 0.717) is 18.8 Å². The first-order chi connectivity index (χ1) is 14.3. The van der Waals surface area contributed by atoms with Crippen molar-refractivity contribution in [2.45, 2.75) is 30.7 Å². The molecule has 3 amide bonds. The summed E-state index contributed by atoms with van der Waals surface area (Å²) in [6.07, 6.45) is 2.62. The summed E-state index contributed by atoms with van der Waals surface area (Å²) < 4.78 is 27.3. The van der Waals surface area contributed by atoms with Gasteiger partial charge in [-0.05, 0) is 48.7 Å². The lowest BCUT2D eigenvalue weighted by atomic mass is 10.2. The second-order valence-electron chi connectivity index (χ2n) is 6.98. The maximum atomic E-state index is 12.9. The molecule has 0 unspecified atom stereocenters. The SMILES string of the molecule is NC(=O)Nc1ccc(CNC(=O)c2ccc(Cl)c(S(=O)(=O)N3CCCCC3)c2)cc1. The van der Waals surface area contributed by atoms with Crippen LogP contribution in [0.2, 0.25) is 5.02 Å². The third-order valence-electron chi connectivity index (χ3n) is 4.80. The standard InChI is InChI=1S/C20H23ClN4O4S/c21-17-9-6-15(12-18(17)30(28,29)25-10-2-1-3-11-25)19(26)23-13-14-4-7-16(8-5-14)24-20(22)27/h4-9,12H,1-3,10-11,13H2,(H,23,26)(H3,22,24,27). The summed E-state index contributed by atoms with van der Waals surface area (Å²) in [6, 6.07) is 10.4. The first kappa shape index (κ1) is 22.1. The van der Waals surface area contributed by atoms with Crippen molar-refractivity contribution in [3.05, 3.63) is 58.6 Å². The van der Waals surface area contributed by atoms with E-state index in [-0.39, 0.29) is 22.0 Å². The van der Waals surface area contributed by atoms with Crippen LogP contribution in [0.5, 0.6) is 0 Å². The Labute approximate surface area is 180 Å². The number of carbonyl (C=O) groups excluding carboxylic acids is 2. The van der Waals surface area contributed by atoms with Gasteiger partial charge in [0, 0.05) is 30.9 Å². The lowest BCUT2D eigenvalue weighted by molar-refractivity contribution is 0.0950. The van der Waals surface area contributed by atoms with Crippen LogP contribution in [0.25, 0.3) is 0 Å².